The van der Waals surface area contributed by atoms with Crippen LogP contribution in [-0.2, 0) is 6.54 Å². The maximum absolute atomic E-state index is 10.2. The minimum absolute atomic E-state index is 0.101. The number of anilines is 1. The summed E-state index contributed by atoms with van der Waals surface area (Å²) in [5, 5.41) is 23.0. The molecule has 3 heterocycles. The molecular weight excluding hydrogens is 374 g/mol. The third kappa shape index (κ3) is 3.25. The van der Waals surface area contributed by atoms with E-state index in [1.165, 1.54) is 17.3 Å². The van der Waals surface area contributed by atoms with Gasteiger partial charge in [-0.2, -0.15) is 9.97 Å². The van der Waals surface area contributed by atoms with Crippen molar-refractivity contribution in [3.63, 3.8) is 0 Å². The average molecular weight is 392 g/mol. The number of hydrogen-bond donors (Lipinski definition) is 3. The van der Waals surface area contributed by atoms with Gasteiger partial charge in [0.15, 0.2) is 17.0 Å². The number of thioether (sulfide) groups is 1. The monoisotopic (exact) mass is 391 g/mol. The van der Waals surface area contributed by atoms with Crippen molar-refractivity contribution in [3.05, 3.63) is 47.0 Å². The average Bonchev–Trinajstić information content (AvgIpc) is 3.17. The molecule has 1 aromatic carbocycles. The van der Waals surface area contributed by atoms with Crippen molar-refractivity contribution in [2.24, 2.45) is 0 Å². The fraction of sp³-hybridized carbons (Fsp3) is 0.353. The Morgan fingerprint density at radius 1 is 1.35 bits per heavy atom. The van der Waals surface area contributed by atoms with Gasteiger partial charge in [-0.05, 0) is 24.1 Å². The number of benzene rings is 1. The number of aryl methyl sites for hydroxylation is 1. The van der Waals surface area contributed by atoms with Crippen LogP contribution in [0.1, 0.15) is 16.5 Å². The Bertz CT molecular complexity index is 950. The minimum Gasteiger partial charge on any atom is -0.389 e. The summed E-state index contributed by atoms with van der Waals surface area (Å²) in [5.41, 5.74) is 3.42. The number of imidazole rings is 1. The van der Waals surface area contributed by atoms with Gasteiger partial charge in [-0.1, -0.05) is 29.8 Å². The lowest BCUT2D eigenvalue weighted by atomic mass is 10.1. The van der Waals surface area contributed by atoms with E-state index in [1.54, 1.807) is 10.9 Å². The van der Waals surface area contributed by atoms with Crippen molar-refractivity contribution in [3.8, 4) is 0 Å². The molecule has 2 aromatic heterocycles. The molecule has 3 atom stereocenters. The van der Waals surface area contributed by atoms with Crippen LogP contribution in [0, 0.1) is 6.92 Å². The van der Waals surface area contributed by atoms with E-state index in [0.29, 0.717) is 29.3 Å². The van der Waals surface area contributed by atoms with E-state index in [2.05, 4.69) is 26.3 Å². The minimum atomic E-state index is -0.880. The summed E-state index contributed by atoms with van der Waals surface area (Å²) >= 11 is 7.56. The molecule has 0 bridgehead atoms. The highest BCUT2D eigenvalue weighted by Crippen LogP contribution is 2.38. The van der Waals surface area contributed by atoms with Gasteiger partial charge in [-0.3, -0.25) is 4.57 Å². The summed E-state index contributed by atoms with van der Waals surface area (Å²) in [4.78, 5) is 12.9. The number of aliphatic hydroxyl groups is 2. The van der Waals surface area contributed by atoms with Gasteiger partial charge in [0.05, 0.1) is 12.4 Å². The molecule has 3 aromatic rings. The molecule has 1 saturated heterocycles. The van der Waals surface area contributed by atoms with Gasteiger partial charge in [-0.15, -0.1) is 11.8 Å². The Labute approximate surface area is 159 Å². The van der Waals surface area contributed by atoms with Crippen molar-refractivity contribution >= 4 is 40.3 Å². The second-order valence-electron chi connectivity index (χ2n) is 6.29. The van der Waals surface area contributed by atoms with Crippen LogP contribution in [-0.4, -0.2) is 47.7 Å². The van der Waals surface area contributed by atoms with Crippen molar-refractivity contribution in [1.29, 1.82) is 0 Å². The number of fused-ring (bicyclic) bond motifs is 1. The standard InChI is InChI=1S/C17H18ClN5O2S/c1-9-3-2-4-10(5-9)6-19-14-12-15(22-17(18)21-14)23(8-20-12)16-13(25)11(24)7-26-16/h2-5,8,11,13,16,24-25H,6-7H2,1H3,(H,19,21,22)/t11-,13-,16-/m1/s1. The first kappa shape index (κ1) is 17.5. The molecule has 0 spiro atoms. The fourth-order valence-electron chi connectivity index (χ4n) is 3.04. The summed E-state index contributed by atoms with van der Waals surface area (Å²) in [5.74, 6) is 1.00. The molecule has 0 amide bonds. The van der Waals surface area contributed by atoms with Gasteiger partial charge >= 0.3 is 0 Å². The molecule has 0 aliphatic carbocycles. The quantitative estimate of drug-likeness (QED) is 0.587. The van der Waals surface area contributed by atoms with E-state index in [1.807, 2.05) is 25.1 Å². The van der Waals surface area contributed by atoms with Gasteiger partial charge in [0.2, 0.25) is 5.28 Å². The summed E-state index contributed by atoms with van der Waals surface area (Å²) < 4.78 is 1.74. The van der Waals surface area contributed by atoms with Crippen molar-refractivity contribution in [1.82, 2.24) is 19.5 Å². The zero-order valence-corrected chi connectivity index (χ0v) is 15.6. The number of halogens is 1. The predicted molar refractivity (Wildman–Crippen MR) is 102 cm³/mol. The molecule has 1 aliphatic rings. The molecule has 3 N–H and O–H groups in total. The van der Waals surface area contributed by atoms with E-state index in [4.69, 9.17) is 11.6 Å². The van der Waals surface area contributed by atoms with Crippen LogP contribution in [0.4, 0.5) is 5.82 Å². The highest BCUT2D eigenvalue weighted by molar-refractivity contribution is 7.99. The molecule has 9 heteroatoms. The van der Waals surface area contributed by atoms with E-state index >= 15 is 0 Å². The molecule has 0 unspecified atom stereocenters. The fourth-order valence-corrected chi connectivity index (χ4v) is 4.49. The van der Waals surface area contributed by atoms with Crippen LogP contribution in [0.25, 0.3) is 11.2 Å². The van der Waals surface area contributed by atoms with E-state index in [9.17, 15) is 10.2 Å². The summed E-state index contributed by atoms with van der Waals surface area (Å²) in [7, 11) is 0. The highest BCUT2D eigenvalue weighted by Gasteiger charge is 2.36. The first-order valence-electron chi connectivity index (χ1n) is 8.20. The number of nitrogens with zero attached hydrogens (tertiary/aromatic N) is 4. The number of aromatic nitrogens is 4. The molecule has 0 radical (unpaired) electrons. The molecule has 0 saturated carbocycles. The van der Waals surface area contributed by atoms with Gasteiger partial charge in [0.1, 0.15) is 11.5 Å². The molecular formula is C17H18ClN5O2S. The number of nitrogens with one attached hydrogen (secondary N) is 1. The van der Waals surface area contributed by atoms with Gasteiger partial charge in [-0.25, -0.2) is 4.98 Å². The van der Waals surface area contributed by atoms with E-state index in [-0.39, 0.29) is 10.7 Å². The summed E-state index contributed by atoms with van der Waals surface area (Å²) in [6, 6.07) is 8.18. The highest BCUT2D eigenvalue weighted by atomic mass is 35.5. The molecule has 7 nitrogen and oxygen atoms in total. The third-order valence-electron chi connectivity index (χ3n) is 4.33. The smallest absolute Gasteiger partial charge is 0.226 e. The predicted octanol–water partition coefficient (Wildman–Crippen LogP) is 2.37. The van der Waals surface area contributed by atoms with Crippen LogP contribution in [0.15, 0.2) is 30.6 Å². The first-order valence-corrected chi connectivity index (χ1v) is 9.63. The molecule has 1 fully saturated rings. The van der Waals surface area contributed by atoms with Crippen molar-refractivity contribution in [2.45, 2.75) is 31.1 Å². The Morgan fingerprint density at radius 2 is 2.19 bits per heavy atom. The van der Waals surface area contributed by atoms with Gasteiger partial charge < -0.3 is 15.5 Å². The lowest BCUT2D eigenvalue weighted by Gasteiger charge is -2.17. The summed E-state index contributed by atoms with van der Waals surface area (Å²) in [6.07, 6.45) is -0.0413. The van der Waals surface area contributed by atoms with Crippen LogP contribution in [0.3, 0.4) is 0 Å². The number of rotatable bonds is 4. The van der Waals surface area contributed by atoms with E-state index < -0.39 is 12.2 Å². The zero-order valence-electron chi connectivity index (χ0n) is 14.0. The van der Waals surface area contributed by atoms with Crippen LogP contribution >= 0.6 is 23.4 Å². The zero-order chi connectivity index (χ0) is 18.3. The molecule has 1 aliphatic heterocycles. The Balaban J connectivity index is 1.66. The first-order chi connectivity index (χ1) is 12.5. The SMILES string of the molecule is Cc1cccc(CNc2nc(Cl)nc3c2ncn3[C@@H]2SC[C@@H](O)[C@H]2O)c1. The van der Waals surface area contributed by atoms with Crippen molar-refractivity contribution in [2.75, 3.05) is 11.1 Å². The second-order valence-corrected chi connectivity index (χ2v) is 7.78. The van der Waals surface area contributed by atoms with Gasteiger partial charge in [0.25, 0.3) is 0 Å². The largest absolute Gasteiger partial charge is 0.389 e. The lowest BCUT2D eigenvalue weighted by Crippen LogP contribution is -2.27. The normalized spacial score (nSPS) is 22.8. The van der Waals surface area contributed by atoms with Crippen LogP contribution in [0.2, 0.25) is 5.28 Å². The summed E-state index contributed by atoms with van der Waals surface area (Å²) in [6.45, 7) is 2.63. The third-order valence-corrected chi connectivity index (χ3v) is 5.89. The lowest BCUT2D eigenvalue weighted by molar-refractivity contribution is 0.0313. The van der Waals surface area contributed by atoms with Crippen LogP contribution < -0.4 is 5.32 Å². The maximum Gasteiger partial charge on any atom is 0.226 e. The molecule has 136 valence electrons. The molecule has 26 heavy (non-hydrogen) atoms. The van der Waals surface area contributed by atoms with Crippen molar-refractivity contribution < 1.29 is 10.2 Å². The Hall–Kier alpha value is -1.87. The number of hydrogen-bond acceptors (Lipinski definition) is 7. The van der Waals surface area contributed by atoms with Gasteiger partial charge in [0, 0.05) is 12.3 Å². The van der Waals surface area contributed by atoms with E-state index in [0.717, 1.165) is 5.56 Å². The second kappa shape index (κ2) is 7.03. The topological polar surface area (TPSA) is 96.1 Å². The Kier molecular flexibility index (Phi) is 4.74. The Morgan fingerprint density at radius 3 is 2.92 bits per heavy atom. The maximum atomic E-state index is 10.2. The van der Waals surface area contributed by atoms with Crippen LogP contribution in [0.5, 0.6) is 0 Å². The molecule has 4 rings (SSSR count). The number of aliphatic hydroxyl groups excluding tert-OH is 2.